The standard InChI is InChI=1S/C38H46F4N6O4/c1-3-47-30-14-10-9-12-28(30)44-35(47)52-27-20-31-32(49)45-37(34(51)46-36(2)15-16-36)21-23(37)11-7-5-4-6-8-13-29(33(50)48(31)22-27)43-26-18-24(38(40,41)42)17-25(39)19-26/h9-10,12,14,17-19,23,27,29,31,43H,3-8,11,13,15-16,20-22H2,1-2H3,(H,45,49)(H,46,51)/t23-,27-,29+,31+,37-/m1/s1. The summed E-state index contributed by atoms with van der Waals surface area (Å²) in [5.41, 5.74) is -1.13. The second-order valence-electron chi connectivity index (χ2n) is 15.3. The molecule has 0 unspecified atom stereocenters. The number of hydrogen-bond donors (Lipinski definition) is 3. The normalized spacial score (nSPS) is 27.8. The van der Waals surface area contributed by atoms with Crippen molar-refractivity contribution in [2.75, 3.05) is 11.9 Å². The Labute approximate surface area is 300 Å². The first-order chi connectivity index (χ1) is 24.8. The van der Waals surface area contributed by atoms with Gasteiger partial charge in [0.05, 0.1) is 23.1 Å². The molecule has 52 heavy (non-hydrogen) atoms. The van der Waals surface area contributed by atoms with Gasteiger partial charge in [0.1, 0.15) is 29.5 Å². The van der Waals surface area contributed by atoms with Crippen LogP contribution in [0.4, 0.5) is 23.2 Å². The third-order valence-electron chi connectivity index (χ3n) is 11.2. The Morgan fingerprint density at radius 2 is 1.79 bits per heavy atom. The number of nitrogens with zero attached hydrogens (tertiary/aromatic N) is 3. The fourth-order valence-electron chi connectivity index (χ4n) is 7.91. The van der Waals surface area contributed by atoms with Gasteiger partial charge in [-0.05, 0) is 82.2 Å². The number of aromatic nitrogens is 2. The van der Waals surface area contributed by atoms with E-state index >= 15 is 0 Å². The molecule has 3 amide bonds. The lowest BCUT2D eigenvalue weighted by atomic mass is 10.0. The predicted molar refractivity (Wildman–Crippen MR) is 186 cm³/mol. The summed E-state index contributed by atoms with van der Waals surface area (Å²) in [4.78, 5) is 48.8. The zero-order valence-corrected chi connectivity index (χ0v) is 29.5. The number of aryl methyl sites for hydroxylation is 1. The van der Waals surface area contributed by atoms with Gasteiger partial charge in [-0.15, -0.1) is 0 Å². The largest absolute Gasteiger partial charge is 0.459 e. The molecule has 2 saturated carbocycles. The van der Waals surface area contributed by atoms with Gasteiger partial charge in [0.25, 0.3) is 6.01 Å². The van der Waals surface area contributed by atoms with Crippen LogP contribution in [-0.4, -0.2) is 68.0 Å². The molecule has 14 heteroatoms. The minimum atomic E-state index is -4.79. The Hall–Kier alpha value is -4.36. The van der Waals surface area contributed by atoms with Crippen molar-refractivity contribution in [3.63, 3.8) is 0 Å². The molecule has 3 heterocycles. The molecule has 280 valence electrons. The van der Waals surface area contributed by atoms with Crippen LogP contribution in [0.3, 0.4) is 0 Å². The average molecular weight is 727 g/mol. The van der Waals surface area contributed by atoms with Crippen molar-refractivity contribution in [1.82, 2.24) is 25.1 Å². The number of nitrogens with one attached hydrogen (secondary N) is 3. The number of para-hydroxylation sites is 2. The van der Waals surface area contributed by atoms with E-state index in [2.05, 4.69) is 20.9 Å². The Morgan fingerprint density at radius 3 is 2.52 bits per heavy atom. The number of hydrogen-bond acceptors (Lipinski definition) is 6. The van der Waals surface area contributed by atoms with Gasteiger partial charge in [0.15, 0.2) is 0 Å². The molecule has 0 radical (unpaired) electrons. The van der Waals surface area contributed by atoms with Crippen molar-refractivity contribution in [2.24, 2.45) is 5.92 Å². The third-order valence-corrected chi connectivity index (χ3v) is 11.2. The maximum absolute atomic E-state index is 14.6. The number of imidazole rings is 1. The number of ether oxygens (including phenoxy) is 1. The van der Waals surface area contributed by atoms with Crippen molar-refractivity contribution in [2.45, 2.75) is 126 Å². The topological polar surface area (TPSA) is 118 Å². The first kappa shape index (κ1) is 36.0. The second-order valence-corrected chi connectivity index (χ2v) is 15.3. The van der Waals surface area contributed by atoms with E-state index in [9.17, 15) is 31.9 Å². The van der Waals surface area contributed by atoms with E-state index < -0.39 is 53.1 Å². The third kappa shape index (κ3) is 7.43. The van der Waals surface area contributed by atoms with E-state index in [4.69, 9.17) is 4.74 Å². The summed E-state index contributed by atoms with van der Waals surface area (Å²) >= 11 is 0. The summed E-state index contributed by atoms with van der Waals surface area (Å²) in [7, 11) is 0. The zero-order chi connectivity index (χ0) is 36.8. The molecule has 0 bridgehead atoms. The van der Waals surface area contributed by atoms with Crippen molar-refractivity contribution in [1.29, 1.82) is 0 Å². The summed E-state index contributed by atoms with van der Waals surface area (Å²) in [5.74, 6) is -2.33. The van der Waals surface area contributed by atoms with Gasteiger partial charge in [-0.1, -0.05) is 44.2 Å². The summed E-state index contributed by atoms with van der Waals surface area (Å²) < 4.78 is 63.7. The van der Waals surface area contributed by atoms with Gasteiger partial charge < -0.3 is 25.6 Å². The van der Waals surface area contributed by atoms with Crippen LogP contribution in [0.1, 0.15) is 90.0 Å². The van der Waals surface area contributed by atoms with Crippen molar-refractivity contribution in [3.05, 3.63) is 53.8 Å². The molecule has 1 aromatic heterocycles. The maximum Gasteiger partial charge on any atom is 0.416 e. The monoisotopic (exact) mass is 726 g/mol. The Kier molecular flexibility index (Phi) is 9.62. The van der Waals surface area contributed by atoms with E-state index in [1.54, 1.807) is 0 Å². The van der Waals surface area contributed by atoms with Gasteiger partial charge >= 0.3 is 6.18 Å². The van der Waals surface area contributed by atoms with Crippen LogP contribution in [0.2, 0.25) is 0 Å². The molecular formula is C38H46F4N6O4. The SMILES string of the molecule is CCn1c(O[C@@H]2C[C@H]3C(=O)N[C@]4(C(=O)NC5(C)CC5)C[C@H]4CCCCCCC[C@H](Nc4cc(F)cc(C(F)(F)F)c4)C(=O)N3C2)nc2ccccc21. The highest BCUT2D eigenvalue weighted by molar-refractivity contribution is 5.98. The molecule has 7 rings (SSSR count). The lowest BCUT2D eigenvalue weighted by Crippen LogP contribution is -2.58. The maximum atomic E-state index is 14.6. The van der Waals surface area contributed by atoms with E-state index in [1.807, 2.05) is 42.7 Å². The lowest BCUT2D eigenvalue weighted by Gasteiger charge is -2.30. The fourth-order valence-corrected chi connectivity index (χ4v) is 7.91. The molecule has 3 N–H and O–H groups in total. The van der Waals surface area contributed by atoms with E-state index in [0.29, 0.717) is 31.5 Å². The Bertz CT molecular complexity index is 1840. The second kappa shape index (κ2) is 13.9. The van der Waals surface area contributed by atoms with Crippen LogP contribution < -0.4 is 20.7 Å². The van der Waals surface area contributed by atoms with Gasteiger partial charge in [-0.2, -0.15) is 18.2 Å². The molecule has 5 atom stereocenters. The number of carbonyl (C=O) groups is 3. The van der Waals surface area contributed by atoms with Crippen LogP contribution in [0.25, 0.3) is 11.0 Å². The molecule has 3 aromatic rings. The number of anilines is 1. The molecule has 2 aliphatic carbocycles. The molecule has 10 nitrogen and oxygen atoms in total. The number of alkyl halides is 3. The molecular weight excluding hydrogens is 680 g/mol. The van der Waals surface area contributed by atoms with Gasteiger partial charge in [0.2, 0.25) is 17.7 Å². The van der Waals surface area contributed by atoms with Crippen LogP contribution in [0.5, 0.6) is 6.01 Å². The van der Waals surface area contributed by atoms with E-state index in [-0.39, 0.29) is 42.4 Å². The molecule has 4 aliphatic rings. The molecule has 2 saturated heterocycles. The fraction of sp³-hybridized carbons (Fsp3) is 0.579. The smallest absolute Gasteiger partial charge is 0.416 e. The van der Waals surface area contributed by atoms with Crippen LogP contribution in [0.15, 0.2) is 42.5 Å². The van der Waals surface area contributed by atoms with Gasteiger partial charge in [-0.3, -0.25) is 19.0 Å². The number of halogens is 4. The number of fused-ring (bicyclic) bond motifs is 3. The molecule has 0 spiro atoms. The Morgan fingerprint density at radius 1 is 1.06 bits per heavy atom. The highest BCUT2D eigenvalue weighted by Gasteiger charge is 2.62. The number of amides is 3. The lowest BCUT2D eigenvalue weighted by molar-refractivity contribution is -0.140. The average Bonchev–Trinajstić information content (AvgIpc) is 3.89. The van der Waals surface area contributed by atoms with Crippen molar-refractivity contribution >= 4 is 34.4 Å². The molecule has 2 aromatic carbocycles. The van der Waals surface area contributed by atoms with Crippen molar-refractivity contribution in [3.8, 4) is 6.01 Å². The minimum Gasteiger partial charge on any atom is -0.459 e. The summed E-state index contributed by atoms with van der Waals surface area (Å²) in [5, 5.41) is 9.13. The Balaban J connectivity index is 1.20. The van der Waals surface area contributed by atoms with Crippen LogP contribution in [-0.2, 0) is 27.1 Å². The molecule has 2 aliphatic heterocycles. The summed E-state index contributed by atoms with van der Waals surface area (Å²) in [6, 6.07) is 7.97. The van der Waals surface area contributed by atoms with Gasteiger partial charge in [-0.25, -0.2) is 4.39 Å². The van der Waals surface area contributed by atoms with Crippen molar-refractivity contribution < 1.29 is 36.7 Å². The highest BCUT2D eigenvalue weighted by atomic mass is 19.4. The van der Waals surface area contributed by atoms with Crippen LogP contribution >= 0.6 is 0 Å². The first-order valence-electron chi connectivity index (χ1n) is 18.5. The number of benzene rings is 2. The zero-order valence-electron chi connectivity index (χ0n) is 29.5. The predicted octanol–water partition coefficient (Wildman–Crippen LogP) is 6.33. The number of carbonyl (C=O) groups excluding carboxylic acids is 3. The highest BCUT2D eigenvalue weighted by Crippen LogP contribution is 2.49. The summed E-state index contributed by atoms with van der Waals surface area (Å²) in [6.07, 6.45) is 1.95. The molecule has 4 fully saturated rings. The van der Waals surface area contributed by atoms with Gasteiger partial charge in [0, 0.05) is 24.2 Å². The van der Waals surface area contributed by atoms with E-state index in [1.165, 1.54) is 4.90 Å². The minimum absolute atomic E-state index is 0.000330. The quantitative estimate of drug-likeness (QED) is 0.245. The number of rotatable bonds is 7. The van der Waals surface area contributed by atoms with Crippen LogP contribution in [0, 0.1) is 11.7 Å². The van der Waals surface area contributed by atoms with E-state index in [0.717, 1.165) is 68.1 Å². The first-order valence-corrected chi connectivity index (χ1v) is 18.5. The summed E-state index contributed by atoms with van der Waals surface area (Å²) in [6.45, 7) is 4.51.